The number of carbonyl (C=O) groups excluding carboxylic acids is 4. The number of anilines is 6. The molecule has 4 aromatic rings. The minimum absolute atomic E-state index is 0.00709. The average molecular weight is 892 g/mol. The lowest BCUT2D eigenvalue weighted by Crippen LogP contribution is -2.58. The molecule has 3 N–H and O–H groups in total. The van der Waals surface area contributed by atoms with E-state index >= 15 is 0 Å². The number of piperazine rings is 1. The number of aromatic nitrogens is 4. The molecule has 63 heavy (non-hydrogen) atoms. The van der Waals surface area contributed by atoms with Crippen LogP contribution in [0.25, 0.3) is 0 Å². The molecule has 0 aliphatic carbocycles. The lowest BCUT2D eigenvalue weighted by molar-refractivity contribution is -0.137. The Morgan fingerprint density at radius 1 is 0.841 bits per heavy atom. The van der Waals surface area contributed by atoms with E-state index in [9.17, 15) is 40.8 Å². The highest BCUT2D eigenvalue weighted by Gasteiger charge is 2.43. The molecular weight excluding hydrogens is 848 g/mol. The first kappa shape index (κ1) is 43.0. The van der Waals surface area contributed by atoms with Gasteiger partial charge in [-0.1, -0.05) is 0 Å². The second-order valence-electron chi connectivity index (χ2n) is 15.6. The molecule has 4 aliphatic heterocycles. The molecule has 19 nitrogen and oxygen atoms in total. The molecule has 6 heterocycles. The van der Waals surface area contributed by atoms with Gasteiger partial charge in [-0.15, -0.1) is 0 Å². The molecule has 0 bridgehead atoms. The first-order valence-corrected chi connectivity index (χ1v) is 22.0. The maximum absolute atomic E-state index is 14.0. The number of benzene rings is 2. The lowest BCUT2D eigenvalue weighted by Gasteiger charge is -2.40. The molecule has 332 valence electrons. The van der Waals surface area contributed by atoms with Crippen LogP contribution in [0.2, 0.25) is 0 Å². The summed E-state index contributed by atoms with van der Waals surface area (Å²) in [4.78, 5) is 73.5. The van der Waals surface area contributed by atoms with Gasteiger partial charge in [-0.3, -0.25) is 33.9 Å². The van der Waals surface area contributed by atoms with Crippen LogP contribution >= 0.6 is 0 Å². The Balaban J connectivity index is 0.817. The Labute approximate surface area is 360 Å². The van der Waals surface area contributed by atoms with Gasteiger partial charge in [0.05, 0.1) is 30.5 Å². The van der Waals surface area contributed by atoms with E-state index < -0.39 is 51.3 Å². The Bertz CT molecular complexity index is 2530. The van der Waals surface area contributed by atoms with Gasteiger partial charge in [-0.05, 0) is 61.2 Å². The van der Waals surface area contributed by atoms with Crippen molar-refractivity contribution in [3.8, 4) is 0 Å². The van der Waals surface area contributed by atoms with Gasteiger partial charge < -0.3 is 20.4 Å². The average Bonchev–Trinajstić information content (AvgIpc) is 3.50. The Hall–Kier alpha value is -6.62. The van der Waals surface area contributed by atoms with Crippen molar-refractivity contribution in [3.63, 3.8) is 0 Å². The number of hydrogen-bond acceptors (Lipinski definition) is 15. The zero-order valence-electron chi connectivity index (χ0n) is 34.3. The number of alkyl halides is 3. The molecule has 0 atom stereocenters. The van der Waals surface area contributed by atoms with E-state index in [2.05, 4.69) is 50.6 Å². The van der Waals surface area contributed by atoms with Crippen molar-refractivity contribution in [1.82, 2.24) is 40.2 Å². The number of nitrogens with one attached hydrogen (secondary N) is 3. The van der Waals surface area contributed by atoms with Gasteiger partial charge in [0.1, 0.15) is 17.1 Å². The zero-order valence-corrected chi connectivity index (χ0v) is 35.1. The Morgan fingerprint density at radius 3 is 2.19 bits per heavy atom. The molecule has 2 aromatic heterocycles. The highest BCUT2D eigenvalue weighted by Crippen LogP contribution is 2.35. The molecule has 3 saturated heterocycles. The summed E-state index contributed by atoms with van der Waals surface area (Å²) >= 11 is 0. The Morgan fingerprint density at radius 2 is 1.51 bits per heavy atom. The van der Waals surface area contributed by atoms with Gasteiger partial charge >= 0.3 is 12.2 Å². The second-order valence-corrected chi connectivity index (χ2v) is 17.6. The van der Waals surface area contributed by atoms with E-state index in [1.807, 2.05) is 18.2 Å². The number of halogens is 3. The maximum atomic E-state index is 14.0. The summed E-state index contributed by atoms with van der Waals surface area (Å²) in [6.07, 6.45) is 1.38. The Kier molecular flexibility index (Phi) is 11.8. The third-order valence-electron chi connectivity index (χ3n) is 11.5. The number of amides is 5. The number of hydrogen-bond donors (Lipinski definition) is 3. The third kappa shape index (κ3) is 9.28. The van der Waals surface area contributed by atoms with Crippen molar-refractivity contribution < 1.29 is 40.8 Å². The number of nitrogens with zero attached hydrogens (tertiary/aromatic N) is 10. The van der Waals surface area contributed by atoms with E-state index in [0.717, 1.165) is 90.6 Å². The van der Waals surface area contributed by atoms with Crippen LogP contribution in [0.4, 0.5) is 52.6 Å². The summed E-state index contributed by atoms with van der Waals surface area (Å²) < 4.78 is 67.0. The first-order chi connectivity index (χ1) is 30.0. The predicted molar refractivity (Wildman–Crippen MR) is 225 cm³/mol. The molecular formula is C40H44F3N13O6S. The van der Waals surface area contributed by atoms with Crippen molar-refractivity contribution in [2.45, 2.75) is 32.0 Å². The fourth-order valence-corrected chi connectivity index (χ4v) is 8.51. The van der Waals surface area contributed by atoms with Crippen LogP contribution in [0.1, 0.15) is 51.2 Å². The van der Waals surface area contributed by atoms with Gasteiger partial charge in [0.25, 0.3) is 11.8 Å². The second kappa shape index (κ2) is 17.3. The number of urea groups is 1. The summed E-state index contributed by atoms with van der Waals surface area (Å²) in [6, 6.07) is 11.8. The van der Waals surface area contributed by atoms with E-state index in [4.69, 9.17) is 0 Å². The molecule has 0 unspecified atom stereocenters. The van der Waals surface area contributed by atoms with Gasteiger partial charge in [0.15, 0.2) is 5.82 Å². The highest BCUT2D eigenvalue weighted by molar-refractivity contribution is 7.92. The normalized spacial score (nSPS) is 17.9. The first-order valence-electron chi connectivity index (χ1n) is 20.2. The number of hydrazine groups is 1. The highest BCUT2D eigenvalue weighted by atomic mass is 32.2. The molecule has 0 spiro atoms. The minimum atomic E-state index is -4.78. The summed E-state index contributed by atoms with van der Waals surface area (Å²) in [6.45, 7) is 5.54. The number of sulfonamides is 1. The smallest absolute Gasteiger partial charge is 0.371 e. The van der Waals surface area contributed by atoms with Crippen molar-refractivity contribution in [3.05, 3.63) is 83.4 Å². The van der Waals surface area contributed by atoms with Gasteiger partial charge in [0.2, 0.25) is 21.9 Å². The topological polar surface area (TPSA) is 210 Å². The summed E-state index contributed by atoms with van der Waals surface area (Å²) in [5, 5.41) is 9.56. The minimum Gasteiger partial charge on any atom is -0.371 e. The summed E-state index contributed by atoms with van der Waals surface area (Å²) in [7, 11) is -2.44. The lowest BCUT2D eigenvalue weighted by atomic mass is 9.95. The van der Waals surface area contributed by atoms with Crippen LogP contribution in [0.3, 0.4) is 0 Å². The van der Waals surface area contributed by atoms with Crippen LogP contribution in [0.15, 0.2) is 61.1 Å². The molecule has 4 aliphatic rings. The van der Waals surface area contributed by atoms with E-state index in [-0.39, 0.29) is 48.1 Å². The van der Waals surface area contributed by atoms with E-state index in [1.54, 1.807) is 24.3 Å². The van der Waals surface area contributed by atoms with Crippen LogP contribution in [-0.4, -0.2) is 133 Å². The molecule has 23 heteroatoms. The van der Waals surface area contributed by atoms with Crippen LogP contribution in [0, 0.1) is 5.92 Å². The van der Waals surface area contributed by atoms with E-state index in [0.29, 0.717) is 17.8 Å². The molecule has 0 saturated carbocycles. The number of carbonyl (C=O) groups is 4. The molecule has 2 aromatic carbocycles. The SMILES string of the molecule is CN(c1nccnc1CNc1nc(Nc2ccc(N3CCN(CC4CCN(c5ccc6c(c5)C(=O)N(N5CCC(=O)NC5=O)C6=O)CC4)CC3)cc2)ncc1C(F)(F)F)S(C)(=O)=O. The predicted octanol–water partition coefficient (Wildman–Crippen LogP) is 3.53. The maximum Gasteiger partial charge on any atom is 0.421 e. The molecule has 3 fully saturated rings. The monoisotopic (exact) mass is 891 g/mol. The number of fused-ring (bicyclic) bond motifs is 1. The molecule has 0 radical (unpaired) electrons. The molecule has 8 rings (SSSR count). The number of imide groups is 2. The van der Waals surface area contributed by atoms with Crippen molar-refractivity contribution >= 4 is 68.4 Å². The molecule has 5 amide bonds. The van der Waals surface area contributed by atoms with Crippen LogP contribution in [0.5, 0.6) is 0 Å². The van der Waals surface area contributed by atoms with Crippen LogP contribution in [-0.2, 0) is 27.5 Å². The number of rotatable bonds is 12. The third-order valence-corrected chi connectivity index (χ3v) is 12.7. The van der Waals surface area contributed by atoms with Gasteiger partial charge in [0, 0.05) is 94.9 Å². The summed E-state index contributed by atoms with van der Waals surface area (Å²) in [5.41, 5.74) is 1.84. The fourth-order valence-electron chi connectivity index (χ4n) is 8.05. The fraction of sp³-hybridized carbons (Fsp3) is 0.400. The standard InChI is InChI=1S/C40H44F3N13O6S/c1-51(63(2,61)62)35-32(44-12-13-45-35)23-46-34-31(40(41,42)43)22-47-38(50-34)48-26-3-5-27(6-4-26)54-19-17-52(18-20-54)24-25-9-14-53(15-10-25)28-7-8-29-30(21-28)37(59)56(36(29)58)55-16-11-33(57)49-39(55)60/h3-8,12-13,21-22,25H,9-11,14-20,23-24H2,1-2H3,(H,49,57,60)(H2,46,47,48,50). The zero-order chi connectivity index (χ0) is 44.6. The quantitative estimate of drug-likeness (QED) is 0.174. The van der Waals surface area contributed by atoms with E-state index in [1.165, 1.54) is 19.4 Å². The van der Waals surface area contributed by atoms with Crippen LogP contribution < -0.4 is 30.1 Å². The summed E-state index contributed by atoms with van der Waals surface area (Å²) in [5.74, 6) is -1.79. The van der Waals surface area contributed by atoms with Crippen molar-refractivity contribution in [1.29, 1.82) is 0 Å². The van der Waals surface area contributed by atoms with Crippen molar-refractivity contribution in [2.75, 3.05) is 90.4 Å². The largest absolute Gasteiger partial charge is 0.421 e. The van der Waals surface area contributed by atoms with Gasteiger partial charge in [-0.2, -0.15) is 23.2 Å². The van der Waals surface area contributed by atoms with Crippen molar-refractivity contribution in [2.24, 2.45) is 5.92 Å². The van der Waals surface area contributed by atoms with Gasteiger partial charge in [-0.25, -0.2) is 28.2 Å². The number of piperidine rings is 1.